The molecule has 0 radical (unpaired) electrons. The first kappa shape index (κ1) is 16.2. The molecule has 21 heavy (non-hydrogen) atoms. The lowest BCUT2D eigenvalue weighted by molar-refractivity contribution is -0.171. The van der Waals surface area contributed by atoms with Crippen LogP contribution in [0.4, 0.5) is 0 Å². The van der Waals surface area contributed by atoms with E-state index in [9.17, 15) is 9.59 Å². The Hall–Kier alpha value is -1.14. The van der Waals surface area contributed by atoms with Crippen LogP contribution in [0.3, 0.4) is 0 Å². The maximum atomic E-state index is 12.6. The molecule has 2 aliphatic rings. The monoisotopic (exact) mass is 298 g/mol. The third-order valence-corrected chi connectivity index (χ3v) is 5.14. The molecule has 2 fully saturated rings. The van der Waals surface area contributed by atoms with Crippen molar-refractivity contribution in [1.29, 1.82) is 0 Å². The number of carbonyl (C=O) groups is 2. The summed E-state index contributed by atoms with van der Waals surface area (Å²) in [4.78, 5) is 23.5. The number of carboxylic acids is 1. The molecule has 2 aliphatic carbocycles. The maximum absolute atomic E-state index is 12.6. The molecule has 0 aromatic carbocycles. The highest BCUT2D eigenvalue weighted by atomic mass is 16.5. The van der Waals surface area contributed by atoms with E-state index in [-0.39, 0.29) is 30.4 Å². The molecule has 2 saturated carbocycles. The minimum Gasteiger partial charge on any atom is -0.481 e. The van der Waals surface area contributed by atoms with Crippen molar-refractivity contribution in [2.24, 2.45) is 17.1 Å². The predicted octanol–water partition coefficient (Wildman–Crippen LogP) is 0.888. The Morgan fingerprint density at radius 1 is 1.43 bits per heavy atom. The maximum Gasteiger partial charge on any atom is 0.305 e. The topological polar surface area (TPSA) is 102 Å². The van der Waals surface area contributed by atoms with Crippen molar-refractivity contribution >= 4 is 11.9 Å². The summed E-state index contributed by atoms with van der Waals surface area (Å²) < 4.78 is 5.61. The van der Waals surface area contributed by atoms with Gasteiger partial charge in [-0.05, 0) is 25.7 Å². The molecule has 0 aromatic rings. The van der Waals surface area contributed by atoms with E-state index in [1.807, 2.05) is 20.8 Å². The molecule has 4 N–H and O–H groups in total. The Labute approximate surface area is 125 Å². The molecule has 6 heteroatoms. The second kappa shape index (κ2) is 5.57. The van der Waals surface area contributed by atoms with Crippen molar-refractivity contribution in [3.05, 3.63) is 0 Å². The molecule has 0 spiro atoms. The molecule has 0 heterocycles. The second-order valence-electron chi connectivity index (χ2n) is 6.86. The number of amides is 1. The average Bonchev–Trinajstić information content (AvgIpc) is 3.21. The Balaban J connectivity index is 2.00. The van der Waals surface area contributed by atoms with Crippen molar-refractivity contribution in [2.75, 3.05) is 6.61 Å². The van der Waals surface area contributed by atoms with E-state index in [1.54, 1.807) is 0 Å². The molecule has 6 nitrogen and oxygen atoms in total. The van der Waals surface area contributed by atoms with Crippen molar-refractivity contribution in [3.63, 3.8) is 0 Å². The fourth-order valence-electron chi connectivity index (χ4n) is 3.14. The third-order valence-electron chi connectivity index (χ3n) is 5.14. The zero-order valence-electron chi connectivity index (χ0n) is 13.0. The van der Waals surface area contributed by atoms with Gasteiger partial charge in [-0.1, -0.05) is 13.8 Å². The summed E-state index contributed by atoms with van der Waals surface area (Å²) in [5, 5.41) is 11.8. The lowest BCUT2D eigenvalue weighted by atomic mass is 9.54. The summed E-state index contributed by atoms with van der Waals surface area (Å²) in [7, 11) is 0. The summed E-state index contributed by atoms with van der Waals surface area (Å²) in [5.74, 6) is -0.862. The number of hydrogen-bond donors (Lipinski definition) is 3. The Morgan fingerprint density at radius 2 is 2.05 bits per heavy atom. The largest absolute Gasteiger partial charge is 0.481 e. The third kappa shape index (κ3) is 2.92. The van der Waals surface area contributed by atoms with Crippen molar-refractivity contribution < 1.29 is 19.4 Å². The van der Waals surface area contributed by atoms with Crippen LogP contribution in [-0.4, -0.2) is 41.3 Å². The van der Waals surface area contributed by atoms with Gasteiger partial charge in [0.25, 0.3) is 0 Å². The molecule has 120 valence electrons. The van der Waals surface area contributed by atoms with Crippen LogP contribution in [0, 0.1) is 11.3 Å². The highest BCUT2D eigenvalue weighted by Crippen LogP contribution is 2.50. The van der Waals surface area contributed by atoms with Gasteiger partial charge in [-0.15, -0.1) is 0 Å². The zero-order chi connectivity index (χ0) is 15.8. The van der Waals surface area contributed by atoms with Crippen LogP contribution in [0.25, 0.3) is 0 Å². The first-order chi connectivity index (χ1) is 9.72. The smallest absolute Gasteiger partial charge is 0.305 e. The number of aliphatic carboxylic acids is 1. The van der Waals surface area contributed by atoms with Crippen molar-refractivity contribution in [3.8, 4) is 0 Å². The van der Waals surface area contributed by atoms with E-state index in [4.69, 9.17) is 15.6 Å². The first-order valence-electron chi connectivity index (χ1n) is 7.65. The molecular formula is C15H26N2O4. The van der Waals surface area contributed by atoms with Crippen molar-refractivity contribution in [1.82, 2.24) is 5.32 Å². The minimum atomic E-state index is -0.988. The standard InChI is InChI=1S/C15H26N2O4/c1-4-21-11-8-15(16,14(11,2)3)13(20)17-10(7-12(18)19)9-5-6-9/h9-11H,4-8,16H2,1-3H3,(H,17,20)(H,18,19). The van der Waals surface area contributed by atoms with Crippen LogP contribution in [0.5, 0.6) is 0 Å². The zero-order valence-corrected chi connectivity index (χ0v) is 13.0. The predicted molar refractivity (Wildman–Crippen MR) is 77.6 cm³/mol. The van der Waals surface area contributed by atoms with Gasteiger partial charge in [-0.2, -0.15) is 0 Å². The van der Waals surface area contributed by atoms with Gasteiger partial charge in [0.15, 0.2) is 0 Å². The molecule has 0 saturated heterocycles. The number of carbonyl (C=O) groups excluding carboxylic acids is 1. The number of nitrogens with two attached hydrogens (primary N) is 1. The van der Waals surface area contributed by atoms with Gasteiger partial charge in [0, 0.05) is 24.5 Å². The van der Waals surface area contributed by atoms with Gasteiger partial charge >= 0.3 is 5.97 Å². The number of hydrogen-bond acceptors (Lipinski definition) is 4. The quantitative estimate of drug-likeness (QED) is 0.648. The number of ether oxygens (including phenoxy) is 1. The highest BCUT2D eigenvalue weighted by molar-refractivity contribution is 5.89. The van der Waals surface area contributed by atoms with Gasteiger partial charge in [-0.3, -0.25) is 9.59 Å². The van der Waals surface area contributed by atoms with E-state index in [0.717, 1.165) is 12.8 Å². The summed E-state index contributed by atoms with van der Waals surface area (Å²) >= 11 is 0. The Morgan fingerprint density at radius 3 is 2.48 bits per heavy atom. The molecule has 0 aromatic heterocycles. The number of rotatable bonds is 7. The molecule has 2 rings (SSSR count). The summed E-state index contributed by atoms with van der Waals surface area (Å²) in [6.07, 6.45) is 2.35. The lowest BCUT2D eigenvalue weighted by Gasteiger charge is -2.57. The van der Waals surface area contributed by atoms with Crippen LogP contribution in [0.15, 0.2) is 0 Å². The molecule has 0 aliphatic heterocycles. The van der Waals surface area contributed by atoms with Crippen LogP contribution in [0.2, 0.25) is 0 Å². The summed E-state index contributed by atoms with van der Waals surface area (Å²) in [5.41, 5.74) is 4.86. The van der Waals surface area contributed by atoms with Gasteiger partial charge in [-0.25, -0.2) is 0 Å². The SMILES string of the molecule is CCOC1CC(N)(C(=O)NC(CC(=O)O)C2CC2)C1(C)C. The van der Waals surface area contributed by atoms with Crippen LogP contribution >= 0.6 is 0 Å². The first-order valence-corrected chi connectivity index (χ1v) is 7.65. The molecule has 3 unspecified atom stereocenters. The fourth-order valence-corrected chi connectivity index (χ4v) is 3.14. The average molecular weight is 298 g/mol. The molecule has 1 amide bonds. The molecule has 3 atom stereocenters. The minimum absolute atomic E-state index is 0.0305. The lowest BCUT2D eigenvalue weighted by Crippen LogP contribution is -2.76. The Kier molecular flexibility index (Phi) is 4.31. The van der Waals surface area contributed by atoms with Gasteiger partial charge in [0.05, 0.1) is 12.5 Å². The van der Waals surface area contributed by atoms with E-state index >= 15 is 0 Å². The van der Waals surface area contributed by atoms with Crippen LogP contribution in [-0.2, 0) is 14.3 Å². The van der Waals surface area contributed by atoms with Crippen LogP contribution < -0.4 is 11.1 Å². The van der Waals surface area contributed by atoms with E-state index in [2.05, 4.69) is 5.32 Å². The number of nitrogens with one attached hydrogen (secondary N) is 1. The summed E-state index contributed by atoms with van der Waals surface area (Å²) in [6.45, 7) is 6.37. The van der Waals surface area contributed by atoms with Gasteiger partial charge in [0.2, 0.25) is 5.91 Å². The van der Waals surface area contributed by atoms with E-state index < -0.39 is 16.9 Å². The normalized spacial score (nSPS) is 32.1. The van der Waals surface area contributed by atoms with E-state index in [0.29, 0.717) is 13.0 Å². The fraction of sp³-hybridized carbons (Fsp3) is 0.867. The summed E-state index contributed by atoms with van der Waals surface area (Å²) in [6, 6.07) is -0.308. The van der Waals surface area contributed by atoms with Crippen molar-refractivity contribution in [2.45, 2.75) is 64.1 Å². The van der Waals surface area contributed by atoms with Crippen LogP contribution in [0.1, 0.15) is 46.5 Å². The van der Waals surface area contributed by atoms with E-state index in [1.165, 1.54) is 0 Å². The van der Waals surface area contributed by atoms with Gasteiger partial charge in [0.1, 0.15) is 5.54 Å². The Bertz CT molecular complexity index is 433. The molecule has 0 bridgehead atoms. The number of carboxylic acid groups (broad SMARTS) is 1. The van der Waals surface area contributed by atoms with Gasteiger partial charge < -0.3 is 20.9 Å². The molecular weight excluding hydrogens is 272 g/mol. The second-order valence-corrected chi connectivity index (χ2v) is 6.86. The highest BCUT2D eigenvalue weighted by Gasteiger charge is 2.63.